The van der Waals surface area contributed by atoms with Crippen molar-refractivity contribution in [3.8, 4) is 0 Å². The minimum Gasteiger partial charge on any atom is -0.330 e. The third-order valence-corrected chi connectivity index (χ3v) is 4.10. The van der Waals surface area contributed by atoms with Crippen molar-refractivity contribution in [1.82, 2.24) is 0 Å². The van der Waals surface area contributed by atoms with Crippen LogP contribution in [0.1, 0.15) is 18.9 Å². The summed E-state index contributed by atoms with van der Waals surface area (Å²) in [4.78, 5) is 0. The van der Waals surface area contributed by atoms with Crippen LogP contribution in [0.15, 0.2) is 16.6 Å². The number of rotatable bonds is 5. The molecule has 0 heterocycles. The van der Waals surface area contributed by atoms with Crippen molar-refractivity contribution in [3.05, 3.63) is 33.8 Å². The van der Waals surface area contributed by atoms with E-state index in [9.17, 15) is 8.78 Å². The van der Waals surface area contributed by atoms with E-state index in [4.69, 9.17) is 5.73 Å². The van der Waals surface area contributed by atoms with Gasteiger partial charge in [-0.2, -0.15) is 11.8 Å². The van der Waals surface area contributed by atoms with Crippen LogP contribution < -0.4 is 5.73 Å². The van der Waals surface area contributed by atoms with Crippen LogP contribution in [0.2, 0.25) is 0 Å². The highest BCUT2D eigenvalue weighted by atomic mass is 79.9. The van der Waals surface area contributed by atoms with Crippen LogP contribution in [-0.2, 0) is 5.75 Å². The average molecular weight is 310 g/mol. The molecule has 1 aromatic rings. The Balaban J connectivity index is 2.70. The zero-order chi connectivity index (χ0) is 12.1. The molecule has 0 bridgehead atoms. The zero-order valence-corrected chi connectivity index (χ0v) is 11.4. The molecule has 1 unspecified atom stereocenters. The molecule has 0 spiro atoms. The monoisotopic (exact) mass is 309 g/mol. The van der Waals surface area contributed by atoms with Gasteiger partial charge in [-0.15, -0.1) is 0 Å². The van der Waals surface area contributed by atoms with Crippen molar-refractivity contribution in [3.63, 3.8) is 0 Å². The molecule has 0 aliphatic heterocycles. The minimum atomic E-state index is -0.507. The summed E-state index contributed by atoms with van der Waals surface area (Å²) < 4.78 is 27.2. The van der Waals surface area contributed by atoms with Gasteiger partial charge < -0.3 is 5.73 Å². The molecular weight excluding hydrogens is 296 g/mol. The third kappa shape index (κ3) is 3.71. The van der Waals surface area contributed by atoms with Crippen molar-refractivity contribution in [2.45, 2.75) is 24.3 Å². The van der Waals surface area contributed by atoms with E-state index in [0.717, 1.165) is 6.42 Å². The van der Waals surface area contributed by atoms with Gasteiger partial charge in [-0.25, -0.2) is 8.78 Å². The molecule has 0 saturated heterocycles. The molecule has 1 nitrogen and oxygen atoms in total. The van der Waals surface area contributed by atoms with Gasteiger partial charge in [0.05, 0.1) is 4.47 Å². The second-order valence-electron chi connectivity index (χ2n) is 3.52. The van der Waals surface area contributed by atoms with E-state index in [0.29, 0.717) is 22.0 Å². The van der Waals surface area contributed by atoms with Gasteiger partial charge in [-0.3, -0.25) is 0 Å². The molecule has 0 aliphatic carbocycles. The third-order valence-electron chi connectivity index (χ3n) is 2.22. The number of halogens is 3. The maximum absolute atomic E-state index is 13.6. The molecule has 1 atom stereocenters. The summed E-state index contributed by atoms with van der Waals surface area (Å²) >= 11 is 4.56. The summed E-state index contributed by atoms with van der Waals surface area (Å²) in [7, 11) is 0. The topological polar surface area (TPSA) is 26.0 Å². The maximum Gasteiger partial charge on any atom is 0.144 e. The predicted octanol–water partition coefficient (Wildman–Crippen LogP) is 3.70. The van der Waals surface area contributed by atoms with Crippen molar-refractivity contribution in [2.75, 3.05) is 6.54 Å². The Morgan fingerprint density at radius 1 is 1.44 bits per heavy atom. The highest BCUT2D eigenvalue weighted by Crippen LogP contribution is 2.27. The Hall–Kier alpha value is -0.130. The summed E-state index contributed by atoms with van der Waals surface area (Å²) in [6.45, 7) is 2.60. The van der Waals surface area contributed by atoms with Crippen LogP contribution in [-0.4, -0.2) is 11.8 Å². The van der Waals surface area contributed by atoms with Gasteiger partial charge in [0.1, 0.15) is 11.6 Å². The van der Waals surface area contributed by atoms with Gasteiger partial charge in [-0.05, 0) is 41.0 Å². The lowest BCUT2D eigenvalue weighted by Gasteiger charge is -2.11. The van der Waals surface area contributed by atoms with E-state index in [2.05, 4.69) is 15.9 Å². The fourth-order valence-electron chi connectivity index (χ4n) is 1.25. The Morgan fingerprint density at radius 2 is 2.12 bits per heavy atom. The van der Waals surface area contributed by atoms with Crippen LogP contribution in [0.3, 0.4) is 0 Å². The minimum absolute atomic E-state index is 0.128. The molecule has 5 heteroatoms. The molecule has 0 fully saturated rings. The molecular formula is C11H14BrF2NS. The van der Waals surface area contributed by atoms with E-state index in [-0.39, 0.29) is 5.56 Å². The number of thioether (sulfide) groups is 1. The lowest BCUT2D eigenvalue weighted by atomic mass is 10.2. The summed E-state index contributed by atoms with van der Waals surface area (Å²) in [5.74, 6) is -0.668. The standard InChI is InChI=1S/C11H14BrF2NS/c1-7(4-5-15)16-6-8-10(13)3-2-9(12)11(8)14/h2-3,7H,4-6,15H2,1H3. The summed E-state index contributed by atoms with van der Waals surface area (Å²) in [5.41, 5.74) is 5.54. The first-order chi connectivity index (χ1) is 7.56. The van der Waals surface area contributed by atoms with Crippen molar-refractivity contribution < 1.29 is 8.78 Å². The van der Waals surface area contributed by atoms with E-state index in [1.807, 2.05) is 6.92 Å². The number of hydrogen-bond acceptors (Lipinski definition) is 2. The normalized spacial score (nSPS) is 12.8. The Bertz CT molecular complexity index is 360. The average Bonchev–Trinajstić information content (AvgIpc) is 2.24. The zero-order valence-electron chi connectivity index (χ0n) is 8.97. The highest BCUT2D eigenvalue weighted by Gasteiger charge is 2.13. The quantitative estimate of drug-likeness (QED) is 0.839. The molecule has 0 aliphatic rings. The molecule has 1 aromatic carbocycles. The SMILES string of the molecule is CC(CCN)SCc1c(F)ccc(Br)c1F. The first kappa shape index (κ1) is 13.9. The van der Waals surface area contributed by atoms with Crippen LogP contribution in [0, 0.1) is 11.6 Å². The van der Waals surface area contributed by atoms with Gasteiger partial charge in [0.15, 0.2) is 0 Å². The first-order valence-corrected chi connectivity index (χ1v) is 6.84. The number of hydrogen-bond donors (Lipinski definition) is 1. The van der Waals surface area contributed by atoms with Crippen molar-refractivity contribution >= 4 is 27.7 Å². The molecule has 0 aromatic heterocycles. The summed E-state index contributed by atoms with van der Waals surface area (Å²) in [6.07, 6.45) is 0.849. The van der Waals surface area contributed by atoms with Crippen molar-refractivity contribution in [1.29, 1.82) is 0 Å². The fraction of sp³-hybridized carbons (Fsp3) is 0.455. The molecule has 0 saturated carbocycles. The summed E-state index contributed by atoms with van der Waals surface area (Å²) in [5, 5.41) is 0.308. The van der Waals surface area contributed by atoms with E-state index in [1.165, 1.54) is 23.9 Å². The Morgan fingerprint density at radius 3 is 2.75 bits per heavy atom. The van der Waals surface area contributed by atoms with E-state index in [1.54, 1.807) is 0 Å². The van der Waals surface area contributed by atoms with Crippen molar-refractivity contribution in [2.24, 2.45) is 5.73 Å². The molecule has 2 N–H and O–H groups in total. The van der Waals surface area contributed by atoms with Gasteiger partial charge in [0, 0.05) is 16.6 Å². The second kappa shape index (κ2) is 6.57. The van der Waals surface area contributed by atoms with Gasteiger partial charge >= 0.3 is 0 Å². The second-order valence-corrected chi connectivity index (χ2v) is 5.80. The fourth-order valence-corrected chi connectivity index (χ4v) is 2.64. The van der Waals surface area contributed by atoms with Crippen LogP contribution in [0.5, 0.6) is 0 Å². The van der Waals surface area contributed by atoms with Crippen LogP contribution >= 0.6 is 27.7 Å². The van der Waals surface area contributed by atoms with E-state index >= 15 is 0 Å². The summed E-state index contributed by atoms with van der Waals surface area (Å²) in [6, 6.07) is 2.65. The Labute approximate surface area is 107 Å². The van der Waals surface area contributed by atoms with E-state index < -0.39 is 11.6 Å². The molecule has 0 radical (unpaired) electrons. The lowest BCUT2D eigenvalue weighted by Crippen LogP contribution is -2.07. The highest BCUT2D eigenvalue weighted by molar-refractivity contribution is 9.10. The first-order valence-electron chi connectivity index (χ1n) is 5.00. The lowest BCUT2D eigenvalue weighted by molar-refractivity contribution is 0.562. The van der Waals surface area contributed by atoms with Crippen LogP contribution in [0.25, 0.3) is 0 Å². The molecule has 90 valence electrons. The van der Waals surface area contributed by atoms with Gasteiger partial charge in [0.2, 0.25) is 0 Å². The Kier molecular flexibility index (Phi) is 5.72. The number of benzene rings is 1. The maximum atomic E-state index is 13.6. The largest absolute Gasteiger partial charge is 0.330 e. The van der Waals surface area contributed by atoms with Gasteiger partial charge in [-0.1, -0.05) is 6.92 Å². The molecule has 16 heavy (non-hydrogen) atoms. The molecule has 1 rings (SSSR count). The van der Waals surface area contributed by atoms with Gasteiger partial charge in [0.25, 0.3) is 0 Å². The van der Waals surface area contributed by atoms with Crippen LogP contribution in [0.4, 0.5) is 8.78 Å². The molecule has 0 amide bonds. The number of nitrogens with two attached hydrogens (primary N) is 1. The smallest absolute Gasteiger partial charge is 0.144 e. The predicted molar refractivity (Wildman–Crippen MR) is 68.5 cm³/mol.